The molecule has 0 spiro atoms. The van der Waals surface area contributed by atoms with Gasteiger partial charge in [-0.05, 0) is 92.8 Å². The van der Waals surface area contributed by atoms with Gasteiger partial charge in [0.25, 0.3) is 0 Å². The molecule has 1 saturated heterocycles. The van der Waals surface area contributed by atoms with E-state index in [0.29, 0.717) is 29.5 Å². The van der Waals surface area contributed by atoms with Crippen molar-refractivity contribution in [2.24, 2.45) is 34.5 Å². The first-order chi connectivity index (χ1) is 28.5. The molecular formula is C45H58N2O12P+. The molecule has 4 saturated carbocycles. The monoisotopic (exact) mass is 849 g/mol. The number of aliphatic hydroxyl groups is 2. The molecule has 1 aromatic heterocycles. The quantitative estimate of drug-likeness (QED) is 0.108. The SMILES string of the molecule is CNC[C@H](O)c1ccc(OP(=O)(O)O)c(C[n+]2ccc(CC(=O)OCC(=O)[C@@]34O[C@H](C5CCCCC5)O[C@@H]3C[C@H]3[C@@H]5CCC6=CC(=O)C=C[C@]6(C)[C@H]5[C@@H](O)C[C@@]34C)cc2)c1. The van der Waals surface area contributed by atoms with E-state index in [0.717, 1.165) is 50.5 Å². The molecule has 0 bridgehead atoms. The zero-order valence-electron chi connectivity index (χ0n) is 34.5. The topological polar surface area (TPSA) is 202 Å². The summed E-state index contributed by atoms with van der Waals surface area (Å²) in [6, 6.07) is 8.02. The number of ketones is 2. The fourth-order valence-corrected chi connectivity index (χ4v) is 12.5. The number of fused-ring (bicyclic) bond motifs is 7. The number of hydrogen-bond donors (Lipinski definition) is 5. The molecule has 5 N–H and O–H groups in total. The van der Waals surface area contributed by atoms with E-state index in [1.54, 1.807) is 60.4 Å². The highest BCUT2D eigenvalue weighted by molar-refractivity contribution is 7.46. The van der Waals surface area contributed by atoms with Crippen molar-refractivity contribution in [1.29, 1.82) is 0 Å². The lowest BCUT2D eigenvalue weighted by atomic mass is 9.46. The van der Waals surface area contributed by atoms with Crippen LogP contribution >= 0.6 is 7.82 Å². The lowest BCUT2D eigenvalue weighted by molar-refractivity contribution is -0.688. The maximum Gasteiger partial charge on any atom is 0.524 e. The van der Waals surface area contributed by atoms with Crippen molar-refractivity contribution in [3.63, 3.8) is 0 Å². The number of esters is 1. The molecule has 10 atom stereocenters. The number of nitrogens with one attached hydrogen (secondary N) is 1. The van der Waals surface area contributed by atoms with Crippen LogP contribution in [-0.4, -0.2) is 81.8 Å². The van der Waals surface area contributed by atoms with Gasteiger partial charge in [0.15, 0.2) is 43.2 Å². The third kappa shape index (κ3) is 7.87. The molecule has 1 aliphatic heterocycles. The number of hydrogen-bond acceptors (Lipinski definition) is 11. The van der Waals surface area contributed by atoms with Gasteiger partial charge < -0.3 is 34.3 Å². The van der Waals surface area contributed by atoms with E-state index in [4.69, 9.17) is 18.7 Å². The van der Waals surface area contributed by atoms with Crippen LogP contribution in [0.5, 0.6) is 5.75 Å². The second-order valence-electron chi connectivity index (χ2n) is 18.4. The summed E-state index contributed by atoms with van der Waals surface area (Å²) in [4.78, 5) is 59.5. The minimum Gasteiger partial charge on any atom is -0.457 e. The lowest BCUT2D eigenvalue weighted by Crippen LogP contribution is -2.63. The zero-order valence-corrected chi connectivity index (χ0v) is 35.4. The van der Waals surface area contributed by atoms with Gasteiger partial charge in [-0.1, -0.05) is 50.8 Å². The minimum atomic E-state index is -4.86. The molecule has 60 heavy (non-hydrogen) atoms. The third-order valence-electron chi connectivity index (χ3n) is 14.8. The molecule has 15 heteroatoms. The standard InChI is InChI=1S/C45H57N2O12P/c1-43-16-13-32(48)21-31(43)10-11-33-34-22-39-45(44(34,2)23-35(49)41(33)43,58-42(57-39)28-7-5-4-6-8-28)38(51)26-56-40(52)19-27-14-17-47(18-15-27)25-30-20-29(36(50)24-46-3)9-12-37(30)59-60(53,54)55/h9,12-18,20-21,28,33-36,39,41-42,46,49-50H,4-8,10-11,19,22-26H2,1-3H3,(H-,53,54,55)/p+1/t33-,34-,35-,36-,39+,41+,42+,43-,44-,45+/m0/s1. The Hall–Kier alpha value is -3.59. The summed E-state index contributed by atoms with van der Waals surface area (Å²) in [6.07, 6.45) is 13.6. The molecule has 6 aliphatic rings. The van der Waals surface area contributed by atoms with Gasteiger partial charge in [-0.3, -0.25) is 24.2 Å². The van der Waals surface area contributed by atoms with Crippen LogP contribution in [0.4, 0.5) is 0 Å². The van der Waals surface area contributed by atoms with E-state index in [2.05, 4.69) is 19.2 Å². The Morgan fingerprint density at radius 3 is 2.55 bits per heavy atom. The average molecular weight is 850 g/mol. The summed E-state index contributed by atoms with van der Waals surface area (Å²) in [6.45, 7) is 4.11. The number of phosphoric ester groups is 1. The number of likely N-dealkylation sites (N-methyl/N-ethyl adjacent to an activating group) is 1. The summed E-state index contributed by atoms with van der Waals surface area (Å²) >= 11 is 0. The summed E-state index contributed by atoms with van der Waals surface area (Å²) in [5.74, 6) is -0.890. The van der Waals surface area contributed by atoms with Crippen LogP contribution in [0.15, 0.2) is 66.5 Å². The normalized spacial score (nSPS) is 34.2. The predicted molar refractivity (Wildman–Crippen MR) is 216 cm³/mol. The van der Waals surface area contributed by atoms with Crippen LogP contribution in [0, 0.1) is 34.5 Å². The molecule has 324 valence electrons. The Balaban J connectivity index is 0.976. The number of Topliss-reactive ketones (excluding diaryl/α,β-unsaturated/α-hetero) is 1. The molecule has 8 rings (SSSR count). The van der Waals surface area contributed by atoms with E-state index in [9.17, 15) is 38.9 Å². The van der Waals surface area contributed by atoms with E-state index >= 15 is 0 Å². The molecule has 0 radical (unpaired) electrons. The Bertz CT molecular complexity index is 2100. The summed E-state index contributed by atoms with van der Waals surface area (Å²) in [7, 11) is -3.16. The Morgan fingerprint density at radius 2 is 1.83 bits per heavy atom. The van der Waals surface area contributed by atoms with Gasteiger partial charge in [-0.15, -0.1) is 0 Å². The molecule has 2 heterocycles. The molecule has 5 aliphatic carbocycles. The molecule has 5 fully saturated rings. The molecule has 14 nitrogen and oxygen atoms in total. The van der Waals surface area contributed by atoms with Gasteiger partial charge in [-0.25, -0.2) is 9.13 Å². The maximum absolute atomic E-state index is 14.8. The van der Waals surface area contributed by atoms with Gasteiger partial charge >= 0.3 is 13.8 Å². The fraction of sp³-hybridized carbons (Fsp3) is 0.600. The van der Waals surface area contributed by atoms with Crippen LogP contribution in [0.3, 0.4) is 0 Å². The second-order valence-corrected chi connectivity index (χ2v) is 19.5. The first kappa shape index (κ1) is 43.1. The first-order valence-corrected chi connectivity index (χ1v) is 22.9. The van der Waals surface area contributed by atoms with Crippen molar-refractivity contribution < 1.29 is 62.2 Å². The Morgan fingerprint density at radius 1 is 1.08 bits per heavy atom. The number of benzene rings is 1. The number of phosphoric acid groups is 1. The van der Waals surface area contributed by atoms with Crippen molar-refractivity contribution in [2.75, 3.05) is 20.2 Å². The van der Waals surface area contributed by atoms with Crippen molar-refractivity contribution >= 4 is 25.4 Å². The Kier molecular flexibility index (Phi) is 11.9. The smallest absolute Gasteiger partial charge is 0.457 e. The van der Waals surface area contributed by atoms with Gasteiger partial charge in [0.05, 0.1) is 30.3 Å². The highest BCUT2D eigenvalue weighted by Crippen LogP contribution is 2.70. The van der Waals surface area contributed by atoms with Crippen LogP contribution < -0.4 is 14.4 Å². The lowest BCUT2D eigenvalue weighted by Gasteiger charge is -2.59. The number of rotatable bonds is 13. The molecular weight excluding hydrogens is 791 g/mol. The number of pyridine rings is 1. The number of allylic oxidation sites excluding steroid dienone is 4. The van der Waals surface area contributed by atoms with E-state index in [-0.39, 0.29) is 60.5 Å². The predicted octanol–water partition coefficient (Wildman–Crippen LogP) is 4.35. The maximum atomic E-state index is 14.8. The number of carbonyl (C=O) groups excluding carboxylic acids is 3. The number of carbonyl (C=O) groups is 3. The minimum absolute atomic E-state index is 0.00333. The summed E-state index contributed by atoms with van der Waals surface area (Å²) in [5, 5.41) is 25.5. The number of ether oxygens (including phenoxy) is 3. The van der Waals surface area contributed by atoms with Crippen molar-refractivity contribution in [2.45, 2.75) is 115 Å². The van der Waals surface area contributed by atoms with E-state index in [1.807, 2.05) is 6.08 Å². The van der Waals surface area contributed by atoms with Crippen LogP contribution in [-0.2, 0) is 46.1 Å². The Labute approximate surface area is 350 Å². The molecule has 2 aromatic rings. The summed E-state index contributed by atoms with van der Waals surface area (Å²) < 4.78 is 37.9. The van der Waals surface area contributed by atoms with Gasteiger partial charge in [0.1, 0.15) is 5.75 Å². The second kappa shape index (κ2) is 16.6. The van der Waals surface area contributed by atoms with Crippen molar-refractivity contribution in [3.05, 3.63) is 83.2 Å². The van der Waals surface area contributed by atoms with Crippen LogP contribution in [0.2, 0.25) is 0 Å². The number of aliphatic hydroxyl groups excluding tert-OH is 2. The van der Waals surface area contributed by atoms with E-state index in [1.165, 1.54) is 6.07 Å². The van der Waals surface area contributed by atoms with Gasteiger partial charge in [0.2, 0.25) is 5.78 Å². The number of aromatic nitrogens is 1. The van der Waals surface area contributed by atoms with Crippen LogP contribution in [0.1, 0.15) is 94.4 Å². The van der Waals surface area contributed by atoms with Gasteiger partial charge in [0, 0.05) is 41.3 Å². The highest BCUT2D eigenvalue weighted by Gasteiger charge is 2.76. The number of nitrogens with zero attached hydrogens (tertiary/aromatic N) is 1. The average Bonchev–Trinajstić information content (AvgIpc) is 3.71. The fourth-order valence-electron chi connectivity index (χ4n) is 12.0. The molecule has 0 unspecified atom stereocenters. The zero-order chi connectivity index (χ0) is 42.6. The largest absolute Gasteiger partial charge is 0.524 e. The van der Waals surface area contributed by atoms with Crippen molar-refractivity contribution in [1.82, 2.24) is 5.32 Å². The van der Waals surface area contributed by atoms with E-state index < -0.39 is 61.4 Å². The first-order valence-electron chi connectivity index (χ1n) is 21.4. The highest BCUT2D eigenvalue weighted by atomic mass is 31.2. The van der Waals surface area contributed by atoms with Gasteiger partial charge in [-0.2, -0.15) is 0 Å². The molecule has 1 aromatic carbocycles. The summed E-state index contributed by atoms with van der Waals surface area (Å²) in [5.41, 5.74) is -0.0101. The third-order valence-corrected chi connectivity index (χ3v) is 15.2. The van der Waals surface area contributed by atoms with Crippen LogP contribution in [0.25, 0.3) is 0 Å². The molecule has 0 amide bonds. The van der Waals surface area contributed by atoms with Crippen molar-refractivity contribution in [3.8, 4) is 5.75 Å².